The van der Waals surface area contributed by atoms with Crippen molar-refractivity contribution in [1.82, 2.24) is 0 Å². The molecule has 0 aromatic rings. The molecule has 0 rings (SSSR count). The number of hydrogen-bond acceptors (Lipinski definition) is 8. The smallest absolute Gasteiger partial charge is 0.759 e. The Balaban J connectivity index is -0.0000000454. The van der Waals surface area contributed by atoms with Crippen molar-refractivity contribution in [2.45, 2.75) is 0 Å². The van der Waals surface area contributed by atoms with Crippen LogP contribution in [0.15, 0.2) is 12.7 Å². The van der Waals surface area contributed by atoms with Crippen molar-refractivity contribution >= 4 is 20.8 Å². The zero-order valence-corrected chi connectivity index (χ0v) is 16.7. The maximum atomic E-state index is 9.56. The molecule has 0 spiro atoms. The van der Waals surface area contributed by atoms with Gasteiger partial charge >= 0.3 is 88.7 Å². The standard InChI is InChI=1S/C3H6O4S.3Na.H2O4S/c1-2-3-7-8(4,5)6;;;;1-5(2,3)4/h2H,1,3H2,(H,4,5,6);;;;(H2,1,2,3,4)/q;3*+1;/p-3. The molecule has 0 fully saturated rings. The second kappa shape index (κ2) is 15.5. The molecule has 0 saturated carbocycles. The van der Waals surface area contributed by atoms with Gasteiger partial charge in [-0.2, -0.15) is 0 Å². The van der Waals surface area contributed by atoms with Gasteiger partial charge in [-0.3, -0.25) is 12.6 Å². The molecule has 0 radical (unpaired) electrons. The Kier molecular flexibility index (Phi) is 30.2. The Bertz CT molecular complexity index is 326. The molecule has 0 unspecified atom stereocenters. The largest absolute Gasteiger partial charge is 1.00 e. The van der Waals surface area contributed by atoms with E-state index in [1.165, 1.54) is 6.08 Å². The predicted octanol–water partition coefficient (Wildman–Crippen LogP) is -10.7. The van der Waals surface area contributed by atoms with Gasteiger partial charge < -0.3 is 13.7 Å². The summed E-state index contributed by atoms with van der Waals surface area (Å²) in [6.45, 7) is 2.88. The molecular weight excluding hydrogens is 297 g/mol. The minimum Gasteiger partial charge on any atom is -0.759 e. The van der Waals surface area contributed by atoms with Gasteiger partial charge in [0.05, 0.1) is 6.61 Å². The van der Waals surface area contributed by atoms with Crippen LogP contribution in [0.1, 0.15) is 0 Å². The van der Waals surface area contributed by atoms with Crippen LogP contribution in [0.4, 0.5) is 0 Å². The van der Waals surface area contributed by atoms with E-state index in [0.29, 0.717) is 0 Å². The van der Waals surface area contributed by atoms with Crippen LogP contribution in [0.25, 0.3) is 0 Å². The molecule has 0 aromatic carbocycles. The minimum absolute atomic E-state index is 0. The zero-order chi connectivity index (χ0) is 11.1. The van der Waals surface area contributed by atoms with Crippen LogP contribution >= 0.6 is 0 Å². The summed E-state index contributed by atoms with van der Waals surface area (Å²) in [5, 5.41) is 0. The SMILES string of the molecule is C=CCOS(=O)(=O)[O-].O=S(=O)([O-])[O-].[Na+].[Na+].[Na+]. The van der Waals surface area contributed by atoms with Crippen molar-refractivity contribution in [3.05, 3.63) is 12.7 Å². The monoisotopic (exact) mass is 302 g/mol. The summed E-state index contributed by atoms with van der Waals surface area (Å²) in [6, 6.07) is 0. The Morgan fingerprint density at radius 2 is 1.25 bits per heavy atom. The Hall–Kier alpha value is 2.48. The first-order valence-corrected chi connectivity index (χ1v) is 5.11. The fourth-order valence-electron chi connectivity index (χ4n) is 0.131. The second-order valence-electron chi connectivity index (χ2n) is 1.39. The van der Waals surface area contributed by atoms with Gasteiger partial charge in [-0.15, -0.1) is 6.58 Å². The summed E-state index contributed by atoms with van der Waals surface area (Å²) in [4.78, 5) is 0. The van der Waals surface area contributed by atoms with Crippen LogP contribution in [-0.2, 0) is 25.0 Å². The van der Waals surface area contributed by atoms with Crippen molar-refractivity contribution < 1.29 is 123 Å². The van der Waals surface area contributed by atoms with Gasteiger partial charge in [-0.1, -0.05) is 6.08 Å². The van der Waals surface area contributed by atoms with Gasteiger partial charge in [0.2, 0.25) is 10.4 Å². The molecule has 0 heterocycles. The van der Waals surface area contributed by atoms with E-state index in [1.54, 1.807) is 0 Å². The summed E-state index contributed by atoms with van der Waals surface area (Å²) in [6.07, 6.45) is 1.18. The van der Waals surface area contributed by atoms with Crippen LogP contribution in [0.5, 0.6) is 0 Å². The average Bonchev–Trinajstić information content (AvgIpc) is 1.77. The summed E-state index contributed by atoms with van der Waals surface area (Å²) in [7, 11) is -9.67. The first-order valence-electron chi connectivity index (χ1n) is 2.44. The maximum Gasteiger partial charge on any atom is 1.00 e. The first kappa shape index (κ1) is 31.1. The molecule has 0 aromatic heterocycles. The third kappa shape index (κ3) is 70.6. The normalized spacial score (nSPS) is 9.19. The molecule has 0 N–H and O–H groups in total. The molecule has 0 bridgehead atoms. The van der Waals surface area contributed by atoms with E-state index < -0.39 is 20.8 Å². The number of rotatable bonds is 3. The minimum atomic E-state index is -5.17. The van der Waals surface area contributed by atoms with E-state index in [4.69, 9.17) is 17.5 Å². The van der Waals surface area contributed by atoms with Crippen molar-refractivity contribution in [3.8, 4) is 0 Å². The second-order valence-corrected chi connectivity index (χ2v) is 3.26. The van der Waals surface area contributed by atoms with Gasteiger partial charge in [0.1, 0.15) is 0 Å². The molecule has 80 valence electrons. The van der Waals surface area contributed by atoms with E-state index in [0.717, 1.165) is 0 Å². The van der Waals surface area contributed by atoms with Crippen LogP contribution in [-0.4, -0.2) is 37.1 Å². The average molecular weight is 302 g/mol. The molecule has 16 heavy (non-hydrogen) atoms. The summed E-state index contributed by atoms with van der Waals surface area (Å²) in [5.41, 5.74) is 0. The fraction of sp³-hybridized carbons (Fsp3) is 0.333. The third-order valence-corrected chi connectivity index (χ3v) is 0.755. The zero-order valence-electron chi connectivity index (χ0n) is 9.07. The molecule has 0 atom stereocenters. The Morgan fingerprint density at radius 3 is 1.31 bits per heavy atom. The van der Waals surface area contributed by atoms with Crippen LogP contribution in [0, 0.1) is 0 Å². The van der Waals surface area contributed by atoms with Crippen molar-refractivity contribution in [2.24, 2.45) is 0 Å². The number of hydrogen-bond donors (Lipinski definition) is 0. The van der Waals surface area contributed by atoms with Crippen LogP contribution in [0.3, 0.4) is 0 Å². The summed E-state index contributed by atoms with van der Waals surface area (Å²) >= 11 is 0. The van der Waals surface area contributed by atoms with Crippen LogP contribution < -0.4 is 88.7 Å². The molecule has 0 aliphatic carbocycles. The summed E-state index contributed by atoms with van der Waals surface area (Å²) < 4.78 is 66.5. The maximum absolute atomic E-state index is 9.56. The summed E-state index contributed by atoms with van der Waals surface area (Å²) in [5.74, 6) is 0. The molecule has 8 nitrogen and oxygen atoms in total. The first-order chi connectivity index (χ1) is 5.56. The van der Waals surface area contributed by atoms with Gasteiger partial charge in [-0.25, -0.2) is 8.42 Å². The Morgan fingerprint density at radius 1 is 1.00 bits per heavy atom. The molecule has 0 aliphatic rings. The van der Waals surface area contributed by atoms with Gasteiger partial charge in [-0.05, 0) is 0 Å². The van der Waals surface area contributed by atoms with E-state index in [-0.39, 0.29) is 95.3 Å². The molecule has 13 heteroatoms. The van der Waals surface area contributed by atoms with Gasteiger partial charge in [0.15, 0.2) is 0 Å². The molecular formula is C3H5Na3O8S2. The van der Waals surface area contributed by atoms with E-state index in [2.05, 4.69) is 10.8 Å². The van der Waals surface area contributed by atoms with E-state index >= 15 is 0 Å². The third-order valence-electron chi connectivity index (χ3n) is 0.330. The molecule has 0 amide bonds. The fourth-order valence-corrected chi connectivity index (χ4v) is 0.394. The van der Waals surface area contributed by atoms with Crippen molar-refractivity contribution in [2.75, 3.05) is 6.61 Å². The van der Waals surface area contributed by atoms with E-state index in [1.807, 2.05) is 0 Å². The van der Waals surface area contributed by atoms with Gasteiger partial charge in [0, 0.05) is 10.4 Å². The Labute approximate surface area is 161 Å². The topological polar surface area (TPSA) is 147 Å². The van der Waals surface area contributed by atoms with Gasteiger partial charge in [0.25, 0.3) is 0 Å². The predicted molar refractivity (Wildman–Crippen MR) is 36.3 cm³/mol. The van der Waals surface area contributed by atoms with E-state index in [9.17, 15) is 13.0 Å². The quantitative estimate of drug-likeness (QED) is 0.216. The van der Waals surface area contributed by atoms with Crippen LogP contribution in [0.2, 0.25) is 0 Å². The molecule has 0 saturated heterocycles. The van der Waals surface area contributed by atoms with Crippen molar-refractivity contribution in [1.29, 1.82) is 0 Å². The molecule has 0 aliphatic heterocycles. The van der Waals surface area contributed by atoms with Crippen molar-refractivity contribution in [3.63, 3.8) is 0 Å².